The van der Waals surface area contributed by atoms with E-state index in [9.17, 15) is 15.0 Å². The van der Waals surface area contributed by atoms with Gasteiger partial charge >= 0.3 is 0 Å². The lowest BCUT2D eigenvalue weighted by atomic mass is 9.63. The Balaban J connectivity index is 2.12. The molecular weight excluding hydrogens is 268 g/mol. The molecule has 0 spiro atoms. The van der Waals surface area contributed by atoms with E-state index in [0.717, 1.165) is 0 Å². The number of epoxide rings is 1. The molecule has 0 bridgehead atoms. The van der Waals surface area contributed by atoms with Crippen molar-refractivity contribution in [1.82, 2.24) is 0 Å². The molecule has 1 heterocycles. The minimum Gasteiger partial charge on any atom is -0.390 e. The molecular formula is C17H30O4. The van der Waals surface area contributed by atoms with E-state index < -0.39 is 17.6 Å². The fraction of sp³-hybridized carbons (Fsp3) is 0.941. The number of carbonyl (C=O) groups excluding carboxylic acids is 1. The van der Waals surface area contributed by atoms with Crippen LogP contribution in [0.5, 0.6) is 0 Å². The topological polar surface area (TPSA) is 70.1 Å². The van der Waals surface area contributed by atoms with Gasteiger partial charge in [0, 0.05) is 11.3 Å². The van der Waals surface area contributed by atoms with Gasteiger partial charge in [-0.3, -0.25) is 4.79 Å². The first-order valence-corrected chi connectivity index (χ1v) is 7.91. The number of rotatable bonds is 4. The Morgan fingerprint density at radius 3 is 1.95 bits per heavy atom. The van der Waals surface area contributed by atoms with Gasteiger partial charge in [-0.2, -0.15) is 0 Å². The number of ketones is 1. The smallest absolute Gasteiger partial charge is 0.165 e. The molecule has 0 amide bonds. The summed E-state index contributed by atoms with van der Waals surface area (Å²) in [7, 11) is 0. The zero-order valence-corrected chi connectivity index (χ0v) is 14.3. The van der Waals surface area contributed by atoms with Gasteiger partial charge in [0.25, 0.3) is 0 Å². The van der Waals surface area contributed by atoms with E-state index in [1.165, 1.54) is 0 Å². The molecule has 2 fully saturated rings. The van der Waals surface area contributed by atoms with E-state index in [-0.39, 0.29) is 34.7 Å². The summed E-state index contributed by atoms with van der Waals surface area (Å²) in [6, 6.07) is 0. The lowest BCUT2D eigenvalue weighted by molar-refractivity contribution is -0.131. The summed E-state index contributed by atoms with van der Waals surface area (Å²) in [5, 5.41) is 20.6. The van der Waals surface area contributed by atoms with E-state index in [4.69, 9.17) is 4.74 Å². The third kappa shape index (κ3) is 2.45. The summed E-state index contributed by atoms with van der Waals surface area (Å²) in [5.41, 5.74) is -1.01. The van der Waals surface area contributed by atoms with Gasteiger partial charge in [0.15, 0.2) is 5.78 Å². The molecule has 0 aromatic rings. The minimum atomic E-state index is -0.925. The third-order valence-electron chi connectivity index (χ3n) is 6.29. The maximum atomic E-state index is 12.5. The molecule has 5 atom stereocenters. The molecule has 0 aromatic heterocycles. The van der Waals surface area contributed by atoms with Crippen molar-refractivity contribution < 1.29 is 19.7 Å². The Morgan fingerprint density at radius 1 is 1.14 bits per heavy atom. The van der Waals surface area contributed by atoms with Gasteiger partial charge < -0.3 is 14.9 Å². The van der Waals surface area contributed by atoms with Crippen LogP contribution in [0.2, 0.25) is 0 Å². The largest absolute Gasteiger partial charge is 0.390 e. The molecule has 1 saturated carbocycles. The van der Waals surface area contributed by atoms with Crippen LogP contribution >= 0.6 is 0 Å². The van der Waals surface area contributed by atoms with Crippen molar-refractivity contribution in [1.29, 1.82) is 0 Å². The summed E-state index contributed by atoms with van der Waals surface area (Å²) in [6.45, 7) is 13.9. The van der Waals surface area contributed by atoms with Crippen molar-refractivity contribution in [2.75, 3.05) is 0 Å². The number of hydrogen-bond acceptors (Lipinski definition) is 4. The predicted octanol–water partition coefficient (Wildman–Crippen LogP) is 2.16. The second-order valence-electron chi connectivity index (χ2n) is 8.65. The average molecular weight is 298 g/mol. The van der Waals surface area contributed by atoms with Gasteiger partial charge in [0.1, 0.15) is 12.2 Å². The van der Waals surface area contributed by atoms with Gasteiger partial charge in [0.2, 0.25) is 0 Å². The fourth-order valence-electron chi connectivity index (χ4n) is 4.10. The quantitative estimate of drug-likeness (QED) is 0.780. The first-order valence-electron chi connectivity index (χ1n) is 7.91. The van der Waals surface area contributed by atoms with Gasteiger partial charge in [-0.15, -0.1) is 0 Å². The van der Waals surface area contributed by atoms with Crippen LogP contribution < -0.4 is 0 Å². The molecule has 2 aliphatic rings. The van der Waals surface area contributed by atoms with Crippen LogP contribution in [0, 0.1) is 22.7 Å². The molecule has 1 aliphatic carbocycles. The average Bonchev–Trinajstić information content (AvgIpc) is 2.93. The van der Waals surface area contributed by atoms with E-state index in [2.05, 4.69) is 0 Å². The molecule has 0 aromatic carbocycles. The summed E-state index contributed by atoms with van der Waals surface area (Å²) in [6.07, 6.45) is -1.10. The fourth-order valence-corrected chi connectivity index (χ4v) is 4.10. The lowest BCUT2D eigenvalue weighted by Gasteiger charge is -2.41. The molecule has 0 radical (unpaired) electrons. The Hall–Kier alpha value is -0.450. The van der Waals surface area contributed by atoms with Crippen LogP contribution in [0.1, 0.15) is 54.9 Å². The summed E-state index contributed by atoms with van der Waals surface area (Å²) in [4.78, 5) is 12.5. The summed E-state index contributed by atoms with van der Waals surface area (Å²) >= 11 is 0. The van der Waals surface area contributed by atoms with Crippen molar-refractivity contribution in [3.8, 4) is 0 Å². The Kier molecular flexibility index (Phi) is 3.84. The van der Waals surface area contributed by atoms with E-state index >= 15 is 0 Å². The number of carbonyl (C=O) groups is 1. The second kappa shape index (κ2) is 4.77. The number of ether oxygens (including phenoxy) is 1. The van der Waals surface area contributed by atoms with Gasteiger partial charge in [-0.1, -0.05) is 34.6 Å². The van der Waals surface area contributed by atoms with Crippen molar-refractivity contribution in [3.05, 3.63) is 0 Å². The molecule has 1 aliphatic heterocycles. The highest BCUT2D eigenvalue weighted by Crippen LogP contribution is 2.57. The van der Waals surface area contributed by atoms with Crippen LogP contribution in [0.15, 0.2) is 0 Å². The van der Waals surface area contributed by atoms with Gasteiger partial charge in [-0.05, 0) is 31.6 Å². The predicted molar refractivity (Wildman–Crippen MR) is 80.8 cm³/mol. The number of aliphatic hydroxyl groups is 2. The van der Waals surface area contributed by atoms with Crippen molar-refractivity contribution in [3.63, 3.8) is 0 Å². The molecule has 4 heteroatoms. The van der Waals surface area contributed by atoms with E-state index in [1.54, 1.807) is 0 Å². The first kappa shape index (κ1) is 16.9. The van der Waals surface area contributed by atoms with Crippen LogP contribution in [0.3, 0.4) is 0 Å². The van der Waals surface area contributed by atoms with Gasteiger partial charge in [0.05, 0.1) is 11.7 Å². The Morgan fingerprint density at radius 2 is 1.62 bits per heavy atom. The molecule has 122 valence electrons. The van der Waals surface area contributed by atoms with Crippen LogP contribution in [-0.2, 0) is 9.53 Å². The second-order valence-corrected chi connectivity index (χ2v) is 8.65. The molecule has 0 unspecified atom stereocenters. The molecule has 1 saturated heterocycles. The van der Waals surface area contributed by atoms with E-state index in [0.29, 0.717) is 6.42 Å². The standard InChI is InChI=1S/C17H30O4/c1-9(8-10(18)14-17(6,7)21-14)11-12(19)13(20)16(4,5)15(11,2)3/h9-11,13-14,18,20H,8H2,1-7H3/t9-,10-,11+,13+,14+/m1/s1. The normalized spacial score (nSPS) is 39.1. The van der Waals surface area contributed by atoms with Crippen molar-refractivity contribution >= 4 is 5.78 Å². The Bertz CT molecular complexity index is 438. The van der Waals surface area contributed by atoms with E-state index in [1.807, 2.05) is 48.5 Å². The highest BCUT2D eigenvalue weighted by atomic mass is 16.6. The number of hydrogen-bond donors (Lipinski definition) is 2. The van der Waals surface area contributed by atoms with Crippen molar-refractivity contribution in [2.24, 2.45) is 22.7 Å². The van der Waals surface area contributed by atoms with Gasteiger partial charge in [-0.25, -0.2) is 0 Å². The highest BCUT2D eigenvalue weighted by Gasteiger charge is 2.61. The summed E-state index contributed by atoms with van der Waals surface area (Å²) < 4.78 is 5.49. The van der Waals surface area contributed by atoms with Crippen LogP contribution in [-0.4, -0.2) is 39.9 Å². The minimum absolute atomic E-state index is 0.0129. The first-order chi connectivity index (χ1) is 9.34. The van der Waals surface area contributed by atoms with Crippen molar-refractivity contribution in [2.45, 2.75) is 78.8 Å². The zero-order valence-electron chi connectivity index (χ0n) is 14.3. The highest BCUT2D eigenvalue weighted by molar-refractivity contribution is 5.90. The number of aliphatic hydroxyl groups excluding tert-OH is 2. The van der Waals surface area contributed by atoms with Crippen LogP contribution in [0.25, 0.3) is 0 Å². The molecule has 2 rings (SSSR count). The monoisotopic (exact) mass is 298 g/mol. The maximum absolute atomic E-state index is 12.5. The SMILES string of the molecule is C[C@H](C[C@@H](O)[C@@H]1OC1(C)C)[C@H]1C(=O)[C@H](O)C(C)(C)C1(C)C. The number of Topliss-reactive ketones (excluding diaryl/α,β-unsaturated/α-hetero) is 1. The molecule has 2 N–H and O–H groups in total. The maximum Gasteiger partial charge on any atom is 0.165 e. The molecule has 4 nitrogen and oxygen atoms in total. The summed E-state index contributed by atoms with van der Waals surface area (Å²) in [5.74, 6) is -0.307. The molecule has 21 heavy (non-hydrogen) atoms. The Labute approximate surface area is 127 Å². The van der Waals surface area contributed by atoms with Crippen LogP contribution in [0.4, 0.5) is 0 Å². The third-order valence-corrected chi connectivity index (χ3v) is 6.29. The lowest BCUT2D eigenvalue weighted by Crippen LogP contribution is -2.39. The zero-order chi connectivity index (χ0) is 16.4.